The van der Waals surface area contributed by atoms with Gasteiger partial charge in [0.1, 0.15) is 0 Å². The molecule has 12 heavy (non-hydrogen) atoms. The van der Waals surface area contributed by atoms with Crippen LogP contribution in [0.4, 0.5) is 0 Å². The molecule has 1 aromatic rings. The number of aromatic amines is 1. The Morgan fingerprint density at radius 3 is 3.25 bits per heavy atom. The second-order valence-electron chi connectivity index (χ2n) is 2.78. The lowest BCUT2D eigenvalue weighted by Gasteiger charge is -2.03. The first-order valence-electron chi connectivity index (χ1n) is 3.61. The number of amides is 1. The number of hydrogen-bond acceptors (Lipinski definition) is 2. The Morgan fingerprint density at radius 1 is 1.75 bits per heavy atom. The van der Waals surface area contributed by atoms with Crippen molar-refractivity contribution in [3.05, 3.63) is 17.7 Å². The number of aliphatic imine (C=N–C) groups is 1. The highest BCUT2D eigenvalue weighted by molar-refractivity contribution is 6.06. The van der Waals surface area contributed by atoms with Gasteiger partial charge in [-0.1, -0.05) is 0 Å². The molecule has 0 unspecified atom stereocenters. The summed E-state index contributed by atoms with van der Waals surface area (Å²) in [7, 11) is 1.85. The Kier molecular flexibility index (Phi) is 1.27. The van der Waals surface area contributed by atoms with Crippen molar-refractivity contribution in [2.75, 3.05) is 0 Å². The number of aromatic nitrogens is 2. The third-order valence-corrected chi connectivity index (χ3v) is 1.89. The van der Waals surface area contributed by atoms with E-state index >= 15 is 0 Å². The molecule has 5 nitrogen and oxygen atoms in total. The zero-order chi connectivity index (χ0) is 8.72. The molecule has 2 heterocycles. The Labute approximate surface area is 68.9 Å². The summed E-state index contributed by atoms with van der Waals surface area (Å²) in [5.41, 5.74) is 7.23. The van der Waals surface area contributed by atoms with Crippen LogP contribution in [0.3, 0.4) is 0 Å². The maximum absolute atomic E-state index is 10.9. The topological polar surface area (TPSA) is 75.1 Å². The smallest absolute Gasteiger partial charge is 0.256 e. The van der Waals surface area contributed by atoms with Gasteiger partial charge in [0.25, 0.3) is 5.91 Å². The second-order valence-corrected chi connectivity index (χ2v) is 2.78. The van der Waals surface area contributed by atoms with Gasteiger partial charge in [0.15, 0.2) is 11.5 Å². The summed E-state index contributed by atoms with van der Waals surface area (Å²) in [6.07, 6.45) is 2.07. The Balaban J connectivity index is 2.63. The minimum atomic E-state index is -0.192. The van der Waals surface area contributed by atoms with E-state index in [2.05, 4.69) is 9.98 Å². The van der Waals surface area contributed by atoms with E-state index in [0.717, 1.165) is 11.4 Å². The monoisotopic (exact) mass is 165 g/mol. The fourth-order valence-electron chi connectivity index (χ4n) is 1.37. The number of rotatable bonds is 0. The first kappa shape index (κ1) is 7.02. The van der Waals surface area contributed by atoms with E-state index in [9.17, 15) is 4.79 Å². The van der Waals surface area contributed by atoms with Crippen molar-refractivity contribution in [3.63, 3.8) is 0 Å². The Morgan fingerprint density at radius 2 is 2.50 bits per heavy atom. The summed E-state index contributed by atoms with van der Waals surface area (Å²) in [5.74, 6) is 0.104. The molecule has 1 aromatic heterocycles. The summed E-state index contributed by atoms with van der Waals surface area (Å²) in [6, 6.07) is 0. The van der Waals surface area contributed by atoms with E-state index in [1.807, 2.05) is 11.6 Å². The highest BCUT2D eigenvalue weighted by atomic mass is 16.1. The molecule has 5 heteroatoms. The molecule has 0 saturated heterocycles. The van der Waals surface area contributed by atoms with Gasteiger partial charge in [-0.25, -0.2) is 9.55 Å². The van der Waals surface area contributed by atoms with E-state index in [1.54, 1.807) is 6.33 Å². The molecule has 1 aliphatic heterocycles. The second kappa shape index (κ2) is 2.17. The number of carbonyl (C=O) groups excluding carboxylic acids is 1. The SMILES string of the molecule is C[n+]1c[nH]c2c1C(N)=NC(=O)C2. The summed E-state index contributed by atoms with van der Waals surface area (Å²) in [5, 5.41) is 0. The van der Waals surface area contributed by atoms with Crippen LogP contribution in [-0.2, 0) is 18.3 Å². The summed E-state index contributed by atoms with van der Waals surface area (Å²) < 4.78 is 1.82. The lowest BCUT2D eigenvalue weighted by atomic mass is 10.2. The number of nitrogens with one attached hydrogen (secondary N) is 1. The lowest BCUT2D eigenvalue weighted by Crippen LogP contribution is -2.39. The molecule has 1 amide bonds. The molecule has 0 aliphatic carbocycles. The van der Waals surface area contributed by atoms with Gasteiger partial charge >= 0.3 is 0 Å². The van der Waals surface area contributed by atoms with Crippen LogP contribution in [0, 0.1) is 0 Å². The number of nitrogens with two attached hydrogens (primary N) is 1. The van der Waals surface area contributed by atoms with Crippen LogP contribution in [0.2, 0.25) is 0 Å². The molecule has 0 aromatic carbocycles. The molecule has 3 N–H and O–H groups in total. The van der Waals surface area contributed by atoms with Crippen molar-refractivity contribution in [2.45, 2.75) is 6.42 Å². The van der Waals surface area contributed by atoms with Gasteiger partial charge in [0.05, 0.1) is 13.5 Å². The fourth-order valence-corrected chi connectivity index (χ4v) is 1.37. The van der Waals surface area contributed by atoms with Gasteiger partial charge in [0, 0.05) is 0 Å². The van der Waals surface area contributed by atoms with Gasteiger partial charge < -0.3 is 5.73 Å². The molecule has 2 rings (SSSR count). The van der Waals surface area contributed by atoms with E-state index in [4.69, 9.17) is 5.73 Å². The minimum absolute atomic E-state index is 0.192. The molecule has 1 aliphatic rings. The van der Waals surface area contributed by atoms with E-state index in [1.165, 1.54) is 0 Å². The van der Waals surface area contributed by atoms with Gasteiger partial charge in [-0.3, -0.25) is 4.79 Å². The quantitative estimate of drug-likeness (QED) is 0.465. The standard InChI is InChI=1S/C7H8N4O/c1-11-3-9-4-2-5(12)10-7(8)6(4)11/h3H,2H2,1H3,(H2,8,10,12)/p+1. The number of hydrogen-bond donors (Lipinski definition) is 2. The van der Waals surface area contributed by atoms with Crippen molar-refractivity contribution < 1.29 is 9.36 Å². The van der Waals surface area contributed by atoms with Crippen molar-refractivity contribution in [1.29, 1.82) is 0 Å². The molecule has 0 saturated carbocycles. The molecule has 62 valence electrons. The lowest BCUT2D eigenvalue weighted by molar-refractivity contribution is -0.671. The molecule has 0 atom stereocenters. The predicted molar refractivity (Wildman–Crippen MR) is 41.4 cm³/mol. The highest BCUT2D eigenvalue weighted by Gasteiger charge is 2.26. The minimum Gasteiger partial charge on any atom is -0.380 e. The fraction of sp³-hybridized carbons (Fsp3) is 0.286. The van der Waals surface area contributed by atoms with Crippen LogP contribution in [0.5, 0.6) is 0 Å². The molecular formula is C7H9N4O+. The molecule has 0 fully saturated rings. The molecule has 0 spiro atoms. The Bertz CT molecular complexity index is 377. The van der Waals surface area contributed by atoms with Gasteiger partial charge in [-0.15, -0.1) is 0 Å². The number of fused-ring (bicyclic) bond motifs is 1. The van der Waals surface area contributed by atoms with Crippen molar-refractivity contribution in [2.24, 2.45) is 17.8 Å². The maximum atomic E-state index is 10.9. The summed E-state index contributed by atoms with van der Waals surface area (Å²) in [6.45, 7) is 0. The number of amidine groups is 1. The van der Waals surface area contributed by atoms with Gasteiger partial charge in [-0.2, -0.15) is 4.99 Å². The third-order valence-electron chi connectivity index (χ3n) is 1.89. The first-order valence-corrected chi connectivity index (χ1v) is 3.61. The van der Waals surface area contributed by atoms with Crippen LogP contribution >= 0.6 is 0 Å². The number of nitrogens with zero attached hydrogens (tertiary/aromatic N) is 2. The predicted octanol–water partition coefficient (Wildman–Crippen LogP) is -1.37. The molecular weight excluding hydrogens is 156 g/mol. The van der Waals surface area contributed by atoms with E-state index < -0.39 is 0 Å². The van der Waals surface area contributed by atoms with Crippen LogP contribution in [0.1, 0.15) is 11.4 Å². The summed E-state index contributed by atoms with van der Waals surface area (Å²) in [4.78, 5) is 17.6. The van der Waals surface area contributed by atoms with E-state index in [0.29, 0.717) is 12.3 Å². The third kappa shape index (κ3) is 0.827. The Hall–Kier alpha value is -1.65. The zero-order valence-electron chi connectivity index (χ0n) is 6.66. The average molecular weight is 165 g/mol. The van der Waals surface area contributed by atoms with E-state index in [-0.39, 0.29) is 5.91 Å². The number of carbonyl (C=O) groups is 1. The maximum Gasteiger partial charge on any atom is 0.256 e. The van der Waals surface area contributed by atoms with Crippen LogP contribution in [0.25, 0.3) is 0 Å². The van der Waals surface area contributed by atoms with Crippen molar-refractivity contribution >= 4 is 11.7 Å². The normalized spacial score (nSPS) is 15.8. The van der Waals surface area contributed by atoms with Crippen LogP contribution in [-0.4, -0.2) is 16.7 Å². The summed E-state index contributed by atoms with van der Waals surface area (Å²) >= 11 is 0. The molecule has 0 radical (unpaired) electrons. The van der Waals surface area contributed by atoms with Crippen LogP contribution < -0.4 is 10.3 Å². The largest absolute Gasteiger partial charge is 0.380 e. The average Bonchev–Trinajstić information content (AvgIpc) is 2.31. The van der Waals surface area contributed by atoms with Gasteiger partial charge in [0.2, 0.25) is 12.0 Å². The zero-order valence-corrected chi connectivity index (χ0v) is 6.66. The van der Waals surface area contributed by atoms with Crippen molar-refractivity contribution in [1.82, 2.24) is 4.98 Å². The van der Waals surface area contributed by atoms with Crippen molar-refractivity contribution in [3.8, 4) is 0 Å². The number of imidazole rings is 1. The van der Waals surface area contributed by atoms with Crippen LogP contribution in [0.15, 0.2) is 11.3 Å². The number of H-pyrrole nitrogens is 1. The first-order chi connectivity index (χ1) is 5.68. The molecule has 0 bridgehead atoms. The number of aryl methyl sites for hydroxylation is 1. The van der Waals surface area contributed by atoms with Gasteiger partial charge in [-0.05, 0) is 0 Å². The highest BCUT2D eigenvalue weighted by Crippen LogP contribution is 2.07.